The highest BCUT2D eigenvalue weighted by molar-refractivity contribution is 5.84. The molecule has 3 aliphatic heterocycles. The Kier molecular flexibility index (Phi) is 13.3. The van der Waals surface area contributed by atoms with Crippen LogP contribution in [0.25, 0.3) is 0 Å². The molecule has 1 aliphatic carbocycles. The number of unbranched alkanes of at least 4 members (excludes halogenated alkanes) is 1. The fraction of sp³-hybridized carbons (Fsp3) is 0.800. The summed E-state index contributed by atoms with van der Waals surface area (Å²) >= 11 is 0. The summed E-state index contributed by atoms with van der Waals surface area (Å²) < 4.78 is 29.7. The summed E-state index contributed by atoms with van der Waals surface area (Å²) in [5.41, 5.74) is 2.77. The monoisotopic (exact) mass is 588 g/mol. The number of carbonyl (C=O) groups is 1. The molecule has 0 radical (unpaired) electrons. The van der Waals surface area contributed by atoms with Crippen molar-refractivity contribution in [3.05, 3.63) is 35.3 Å². The zero-order valence-electron chi connectivity index (χ0n) is 26.5. The number of aliphatic carboxylic acids is 1. The topological polar surface area (TPSA) is 86.8 Å². The number of carboxylic acids is 1. The summed E-state index contributed by atoms with van der Waals surface area (Å²) in [6.45, 7) is 12.4. The molecular formula is C35H56O7. The first kappa shape index (κ1) is 33.1. The normalized spacial score (nSPS) is 30.8. The predicted molar refractivity (Wildman–Crippen MR) is 164 cm³/mol. The third kappa shape index (κ3) is 10.7. The van der Waals surface area contributed by atoms with Crippen LogP contribution in [-0.4, -0.2) is 49.1 Å². The zero-order valence-corrected chi connectivity index (χ0v) is 26.5. The maximum absolute atomic E-state index is 12.3. The summed E-state index contributed by atoms with van der Waals surface area (Å²) in [7, 11) is 0. The number of rotatable bonds is 17. The van der Waals surface area contributed by atoms with E-state index in [0.29, 0.717) is 43.7 Å². The van der Waals surface area contributed by atoms with Crippen molar-refractivity contribution in [2.75, 3.05) is 13.2 Å². The third-order valence-electron chi connectivity index (χ3n) is 9.46. The molecule has 0 aromatic heterocycles. The molecule has 42 heavy (non-hydrogen) atoms. The van der Waals surface area contributed by atoms with Gasteiger partial charge in [-0.2, -0.15) is 0 Å². The molecule has 7 nitrogen and oxygen atoms in total. The Hall–Kier alpha value is -1.83. The van der Waals surface area contributed by atoms with E-state index in [-0.39, 0.29) is 18.0 Å². The van der Waals surface area contributed by atoms with Crippen LogP contribution in [-0.2, 0) is 28.5 Å². The minimum Gasteiger partial charge on any atom is -0.475 e. The lowest BCUT2D eigenvalue weighted by molar-refractivity contribution is -0.170. The van der Waals surface area contributed by atoms with Crippen LogP contribution in [0.1, 0.15) is 124 Å². The third-order valence-corrected chi connectivity index (χ3v) is 9.46. The number of hydrogen-bond donors (Lipinski definition) is 1. The van der Waals surface area contributed by atoms with E-state index >= 15 is 0 Å². The summed E-state index contributed by atoms with van der Waals surface area (Å²) in [6.07, 6.45) is 17.9. The molecule has 0 aromatic carbocycles. The first-order valence-corrected chi connectivity index (χ1v) is 16.8. The molecule has 0 spiro atoms. The van der Waals surface area contributed by atoms with Gasteiger partial charge in [0.05, 0.1) is 25.4 Å². The Labute approximate surface area is 254 Å². The summed E-state index contributed by atoms with van der Waals surface area (Å²) in [4.78, 5) is 12.3. The Morgan fingerprint density at radius 2 is 1.69 bits per heavy atom. The molecular weight excluding hydrogens is 532 g/mol. The standard InChI is InChI=1S/C35H56O7/c1-24(2)12-5-6-13-25(3)14-11-15-27-19-18-26(4)28(27)22-29-30(40-29)23-31(41-32-16-7-9-20-38-32)34(35(36)37)42-33-17-8-10-21-39-33/h12,25,27-30,32-33H,4-11,13-23H2,1-3H3,(H,36,37)/t25?,27-,28-,29+,30?,32?,33?/m0/s1. The molecule has 4 rings (SSSR count). The lowest BCUT2D eigenvalue weighted by Crippen LogP contribution is -2.28. The average Bonchev–Trinajstić information content (AvgIpc) is 3.62. The molecule has 3 saturated heterocycles. The highest BCUT2D eigenvalue weighted by atomic mass is 16.7. The van der Waals surface area contributed by atoms with Gasteiger partial charge in [0.25, 0.3) is 0 Å². The van der Waals surface area contributed by atoms with Crippen LogP contribution in [0.15, 0.2) is 35.3 Å². The van der Waals surface area contributed by atoms with Gasteiger partial charge in [-0.3, -0.25) is 0 Å². The van der Waals surface area contributed by atoms with Gasteiger partial charge in [-0.25, -0.2) is 4.79 Å². The molecule has 1 saturated carbocycles. The molecule has 4 aliphatic rings. The van der Waals surface area contributed by atoms with Crippen LogP contribution in [0, 0.1) is 17.8 Å². The van der Waals surface area contributed by atoms with Gasteiger partial charge in [-0.15, -0.1) is 0 Å². The summed E-state index contributed by atoms with van der Waals surface area (Å²) in [5.74, 6) is 0.942. The maximum atomic E-state index is 12.3. The van der Waals surface area contributed by atoms with Crippen LogP contribution in [0.4, 0.5) is 0 Å². The molecule has 7 atom stereocenters. The first-order valence-electron chi connectivity index (χ1n) is 16.8. The van der Waals surface area contributed by atoms with E-state index in [1.54, 1.807) is 0 Å². The predicted octanol–water partition coefficient (Wildman–Crippen LogP) is 8.44. The van der Waals surface area contributed by atoms with E-state index < -0.39 is 18.5 Å². The molecule has 0 amide bonds. The molecule has 0 aromatic rings. The quantitative estimate of drug-likeness (QED) is 0.0600. The van der Waals surface area contributed by atoms with Crippen molar-refractivity contribution in [2.24, 2.45) is 17.8 Å². The smallest absolute Gasteiger partial charge is 0.374 e. The maximum Gasteiger partial charge on any atom is 0.374 e. The Balaban J connectivity index is 1.30. The van der Waals surface area contributed by atoms with Crippen molar-refractivity contribution >= 4 is 5.97 Å². The van der Waals surface area contributed by atoms with E-state index in [2.05, 4.69) is 33.4 Å². The van der Waals surface area contributed by atoms with Gasteiger partial charge in [0.1, 0.15) is 0 Å². The molecule has 238 valence electrons. The van der Waals surface area contributed by atoms with Crippen LogP contribution < -0.4 is 0 Å². The fourth-order valence-electron chi connectivity index (χ4n) is 6.85. The van der Waals surface area contributed by atoms with Crippen LogP contribution in [0.2, 0.25) is 0 Å². The van der Waals surface area contributed by atoms with E-state index in [1.165, 1.54) is 56.1 Å². The Morgan fingerprint density at radius 3 is 2.33 bits per heavy atom. The van der Waals surface area contributed by atoms with Crippen molar-refractivity contribution in [3.8, 4) is 0 Å². The molecule has 1 N–H and O–H groups in total. The van der Waals surface area contributed by atoms with Crippen molar-refractivity contribution in [1.29, 1.82) is 0 Å². The van der Waals surface area contributed by atoms with Crippen molar-refractivity contribution in [1.82, 2.24) is 0 Å². The van der Waals surface area contributed by atoms with Crippen LogP contribution in [0.3, 0.4) is 0 Å². The van der Waals surface area contributed by atoms with Gasteiger partial charge in [-0.1, -0.05) is 50.0 Å². The number of allylic oxidation sites excluding steroid dienone is 3. The largest absolute Gasteiger partial charge is 0.475 e. The van der Waals surface area contributed by atoms with E-state index in [9.17, 15) is 9.90 Å². The average molecular weight is 589 g/mol. The number of epoxide rings is 1. The lowest BCUT2D eigenvalue weighted by atomic mass is 9.84. The van der Waals surface area contributed by atoms with Gasteiger partial charge in [-0.05, 0) is 95.8 Å². The molecule has 4 fully saturated rings. The molecule has 4 unspecified atom stereocenters. The Morgan fingerprint density at radius 1 is 1.00 bits per heavy atom. The number of ether oxygens (including phenoxy) is 5. The lowest BCUT2D eigenvalue weighted by Gasteiger charge is -2.27. The summed E-state index contributed by atoms with van der Waals surface area (Å²) in [6, 6.07) is 0. The van der Waals surface area contributed by atoms with E-state index in [1.807, 2.05) is 0 Å². The van der Waals surface area contributed by atoms with Gasteiger partial charge >= 0.3 is 5.97 Å². The van der Waals surface area contributed by atoms with Gasteiger partial charge < -0.3 is 28.8 Å². The van der Waals surface area contributed by atoms with Crippen molar-refractivity contribution < 1.29 is 33.6 Å². The van der Waals surface area contributed by atoms with E-state index in [0.717, 1.165) is 50.9 Å². The fourth-order valence-corrected chi connectivity index (χ4v) is 6.85. The Bertz CT molecular complexity index is 924. The van der Waals surface area contributed by atoms with Gasteiger partial charge in [0.2, 0.25) is 5.76 Å². The highest BCUT2D eigenvalue weighted by Crippen LogP contribution is 2.46. The van der Waals surface area contributed by atoms with E-state index in [4.69, 9.17) is 23.7 Å². The second-order valence-electron chi connectivity index (χ2n) is 13.4. The molecule has 3 heterocycles. The molecule has 0 bridgehead atoms. The van der Waals surface area contributed by atoms with Crippen LogP contribution in [0.5, 0.6) is 0 Å². The number of hydrogen-bond acceptors (Lipinski definition) is 6. The van der Waals surface area contributed by atoms with Crippen LogP contribution >= 0.6 is 0 Å². The van der Waals surface area contributed by atoms with Gasteiger partial charge in [0, 0.05) is 19.3 Å². The highest BCUT2D eigenvalue weighted by Gasteiger charge is 2.45. The zero-order chi connectivity index (χ0) is 29.9. The second kappa shape index (κ2) is 16.9. The van der Waals surface area contributed by atoms with Crippen molar-refractivity contribution in [2.45, 2.75) is 148 Å². The number of carboxylic acid groups (broad SMARTS) is 1. The molecule has 7 heteroatoms. The minimum absolute atomic E-state index is 0.0799. The SMILES string of the molecule is C=C1CC[C@H](CCCC(C)CCCC=C(C)C)[C@H]1C[C@H]1OC1CC(OC1CCCCO1)=C(OC1CCCCO1)C(=O)O. The summed E-state index contributed by atoms with van der Waals surface area (Å²) in [5, 5.41) is 10.1. The minimum atomic E-state index is -1.14. The van der Waals surface area contributed by atoms with Gasteiger partial charge in [0.15, 0.2) is 18.3 Å². The second-order valence-corrected chi connectivity index (χ2v) is 13.4. The van der Waals surface area contributed by atoms with Crippen molar-refractivity contribution in [3.63, 3.8) is 0 Å². The first-order chi connectivity index (χ1) is 20.3.